The Morgan fingerprint density at radius 3 is 2.60 bits per heavy atom. The second-order valence-electron chi connectivity index (χ2n) is 6.86. The molecule has 0 saturated carbocycles. The number of aromatic nitrogens is 1. The average Bonchev–Trinajstić information content (AvgIpc) is 3.27. The number of nitrogens with zero attached hydrogens (tertiary/aromatic N) is 3. The molecule has 1 spiro atoms. The van der Waals surface area contributed by atoms with Gasteiger partial charge in [-0.3, -0.25) is 14.6 Å². The minimum absolute atomic E-state index is 0.109. The van der Waals surface area contributed by atoms with Gasteiger partial charge in [0.05, 0.1) is 10.4 Å². The average molecular weight is 355 g/mol. The van der Waals surface area contributed by atoms with Gasteiger partial charge in [0.2, 0.25) is 5.91 Å². The van der Waals surface area contributed by atoms with Crippen molar-refractivity contribution >= 4 is 23.2 Å². The first kappa shape index (κ1) is 16.3. The van der Waals surface area contributed by atoms with E-state index >= 15 is 0 Å². The molecule has 4 rings (SSSR count). The maximum Gasteiger partial charge on any atom is 0.263 e. The maximum absolute atomic E-state index is 12.6. The van der Waals surface area contributed by atoms with Crippen molar-refractivity contribution in [3.63, 3.8) is 0 Å². The molecule has 6 heteroatoms. The molecule has 0 bridgehead atoms. The monoisotopic (exact) mass is 355 g/mol. The van der Waals surface area contributed by atoms with E-state index in [1.807, 2.05) is 46.5 Å². The molecule has 2 aliphatic heterocycles. The molecule has 0 radical (unpaired) electrons. The van der Waals surface area contributed by atoms with E-state index in [1.165, 1.54) is 16.9 Å². The quantitative estimate of drug-likeness (QED) is 0.832. The zero-order chi connectivity index (χ0) is 17.4. The Morgan fingerprint density at radius 2 is 1.96 bits per heavy atom. The third-order valence-electron chi connectivity index (χ3n) is 5.83. The number of likely N-dealkylation sites (tertiary alicyclic amines) is 2. The molecule has 2 saturated heterocycles. The highest BCUT2D eigenvalue weighted by molar-refractivity contribution is 7.12. The van der Waals surface area contributed by atoms with E-state index < -0.39 is 0 Å². The molecule has 2 aromatic rings. The number of likely N-dealkylation sites (N-methyl/N-ethyl adjacent to an activating group) is 1. The summed E-state index contributed by atoms with van der Waals surface area (Å²) >= 11 is 1.48. The number of hydrogen-bond acceptors (Lipinski definition) is 4. The lowest BCUT2D eigenvalue weighted by molar-refractivity contribution is -0.130. The first-order valence-electron chi connectivity index (χ1n) is 8.61. The molecule has 1 atom stereocenters. The normalized spacial score (nSPS) is 22.6. The van der Waals surface area contributed by atoms with Crippen LogP contribution in [-0.4, -0.2) is 52.3 Å². The fraction of sp³-hybridized carbons (Fsp3) is 0.421. The largest absolute Gasteiger partial charge is 0.339 e. The van der Waals surface area contributed by atoms with Crippen LogP contribution in [0.1, 0.15) is 40.4 Å². The van der Waals surface area contributed by atoms with Gasteiger partial charge in [-0.15, -0.1) is 11.3 Å². The minimum atomic E-state index is -0.190. The third-order valence-corrected chi connectivity index (χ3v) is 6.68. The summed E-state index contributed by atoms with van der Waals surface area (Å²) in [5.74, 6) is 0.476. The molecule has 130 valence electrons. The van der Waals surface area contributed by atoms with Crippen molar-refractivity contribution in [3.05, 3.63) is 52.5 Å². The molecule has 4 heterocycles. The minimum Gasteiger partial charge on any atom is -0.339 e. The number of pyridine rings is 1. The summed E-state index contributed by atoms with van der Waals surface area (Å²) in [6.45, 7) is 1.38. The lowest BCUT2D eigenvalue weighted by atomic mass is 9.74. The van der Waals surface area contributed by atoms with Gasteiger partial charge in [0, 0.05) is 44.9 Å². The Hall–Kier alpha value is -2.21. The molecule has 2 aromatic heterocycles. The molecule has 1 unspecified atom stereocenters. The number of amides is 2. The molecule has 2 fully saturated rings. The molecule has 25 heavy (non-hydrogen) atoms. The third kappa shape index (κ3) is 2.65. The summed E-state index contributed by atoms with van der Waals surface area (Å²) in [6, 6.07) is 7.82. The van der Waals surface area contributed by atoms with Gasteiger partial charge in [-0.05, 0) is 42.0 Å². The van der Waals surface area contributed by atoms with Gasteiger partial charge in [0.1, 0.15) is 0 Å². The van der Waals surface area contributed by atoms with Crippen molar-refractivity contribution in [1.82, 2.24) is 14.8 Å². The van der Waals surface area contributed by atoms with Crippen LogP contribution in [0, 0.1) is 0 Å². The Bertz CT molecular complexity index is 767. The Balaban J connectivity index is 1.57. The SMILES string of the molecule is CN1C(=O)CC(c2ccncc2)C12CCN(C(=O)c1cccs1)CC2. The smallest absolute Gasteiger partial charge is 0.263 e. The summed E-state index contributed by atoms with van der Waals surface area (Å²) in [7, 11) is 1.92. The molecule has 0 N–H and O–H groups in total. The summed E-state index contributed by atoms with van der Waals surface area (Å²) in [5.41, 5.74) is 0.982. The maximum atomic E-state index is 12.6. The van der Waals surface area contributed by atoms with E-state index in [4.69, 9.17) is 0 Å². The van der Waals surface area contributed by atoms with Gasteiger partial charge in [0.15, 0.2) is 0 Å². The van der Waals surface area contributed by atoms with E-state index in [0.29, 0.717) is 19.5 Å². The van der Waals surface area contributed by atoms with Crippen LogP contribution in [0.2, 0.25) is 0 Å². The van der Waals surface area contributed by atoms with Crippen LogP contribution in [0.4, 0.5) is 0 Å². The van der Waals surface area contributed by atoms with Gasteiger partial charge in [-0.2, -0.15) is 0 Å². The zero-order valence-corrected chi connectivity index (χ0v) is 15.0. The van der Waals surface area contributed by atoms with Gasteiger partial charge in [0.25, 0.3) is 5.91 Å². The number of rotatable bonds is 2. The second-order valence-corrected chi connectivity index (χ2v) is 7.81. The van der Waals surface area contributed by atoms with Crippen molar-refractivity contribution in [2.75, 3.05) is 20.1 Å². The first-order valence-corrected chi connectivity index (χ1v) is 9.49. The van der Waals surface area contributed by atoms with Crippen LogP contribution in [0.25, 0.3) is 0 Å². The van der Waals surface area contributed by atoms with E-state index in [-0.39, 0.29) is 23.3 Å². The van der Waals surface area contributed by atoms with Crippen molar-refractivity contribution in [2.45, 2.75) is 30.7 Å². The highest BCUT2D eigenvalue weighted by Gasteiger charge is 2.52. The predicted molar refractivity (Wildman–Crippen MR) is 96.6 cm³/mol. The van der Waals surface area contributed by atoms with E-state index in [1.54, 1.807) is 12.4 Å². The van der Waals surface area contributed by atoms with Crippen LogP contribution in [0.15, 0.2) is 42.0 Å². The standard InChI is InChI=1S/C19H21N3O2S/c1-21-17(23)13-15(14-4-8-20-9-5-14)19(21)6-10-22(11-7-19)18(24)16-3-2-12-25-16/h2-5,8-9,12,15H,6-7,10-11,13H2,1H3. The zero-order valence-electron chi connectivity index (χ0n) is 14.2. The van der Waals surface area contributed by atoms with Crippen LogP contribution in [0.3, 0.4) is 0 Å². The topological polar surface area (TPSA) is 53.5 Å². The van der Waals surface area contributed by atoms with Crippen LogP contribution >= 0.6 is 11.3 Å². The molecule has 2 aliphatic rings. The van der Waals surface area contributed by atoms with Crippen molar-refractivity contribution in [1.29, 1.82) is 0 Å². The van der Waals surface area contributed by atoms with E-state index in [0.717, 1.165) is 17.7 Å². The first-order chi connectivity index (χ1) is 12.1. The van der Waals surface area contributed by atoms with Crippen LogP contribution in [0.5, 0.6) is 0 Å². The number of carbonyl (C=O) groups excluding carboxylic acids is 2. The molecule has 5 nitrogen and oxygen atoms in total. The molecular weight excluding hydrogens is 334 g/mol. The number of hydrogen-bond donors (Lipinski definition) is 0. The molecular formula is C19H21N3O2S. The van der Waals surface area contributed by atoms with E-state index in [2.05, 4.69) is 4.98 Å². The summed E-state index contributed by atoms with van der Waals surface area (Å²) in [5, 5.41) is 1.93. The highest BCUT2D eigenvalue weighted by atomic mass is 32.1. The van der Waals surface area contributed by atoms with Crippen LogP contribution < -0.4 is 0 Å². The number of piperidine rings is 1. The van der Waals surface area contributed by atoms with Crippen molar-refractivity contribution in [2.24, 2.45) is 0 Å². The molecule has 0 aromatic carbocycles. The summed E-state index contributed by atoms with van der Waals surface area (Å²) in [6.07, 6.45) is 5.76. The van der Waals surface area contributed by atoms with Gasteiger partial charge < -0.3 is 9.80 Å². The highest BCUT2D eigenvalue weighted by Crippen LogP contribution is 2.48. The Kier molecular flexibility index (Phi) is 4.07. The fourth-order valence-electron chi connectivity index (χ4n) is 4.34. The predicted octanol–water partition coefficient (Wildman–Crippen LogP) is 2.76. The molecule has 2 amide bonds. The van der Waals surface area contributed by atoms with Crippen molar-refractivity contribution in [3.8, 4) is 0 Å². The fourth-order valence-corrected chi connectivity index (χ4v) is 5.04. The Labute approximate surface area is 151 Å². The molecule has 0 aliphatic carbocycles. The lowest BCUT2D eigenvalue weighted by Crippen LogP contribution is -2.55. The van der Waals surface area contributed by atoms with Gasteiger partial charge >= 0.3 is 0 Å². The second kappa shape index (κ2) is 6.26. The number of thiophene rings is 1. The van der Waals surface area contributed by atoms with Gasteiger partial charge in [-0.1, -0.05) is 6.07 Å². The van der Waals surface area contributed by atoms with Crippen molar-refractivity contribution < 1.29 is 9.59 Å². The van der Waals surface area contributed by atoms with Crippen LogP contribution in [-0.2, 0) is 4.79 Å². The summed E-state index contributed by atoms with van der Waals surface area (Å²) < 4.78 is 0. The Morgan fingerprint density at radius 1 is 1.24 bits per heavy atom. The lowest BCUT2D eigenvalue weighted by Gasteiger charge is -2.46. The van der Waals surface area contributed by atoms with E-state index in [9.17, 15) is 9.59 Å². The van der Waals surface area contributed by atoms with Gasteiger partial charge in [-0.25, -0.2) is 0 Å². The number of carbonyl (C=O) groups is 2. The summed E-state index contributed by atoms with van der Waals surface area (Å²) in [4.78, 5) is 33.8.